The minimum absolute atomic E-state index is 0.226. The summed E-state index contributed by atoms with van der Waals surface area (Å²) in [5.41, 5.74) is 3.13. The number of carbonyl (C=O) groups excluding carboxylic acids is 1. The number of halogens is 1. The molecule has 0 aliphatic carbocycles. The highest BCUT2D eigenvalue weighted by atomic mass is 32.2. The molecule has 6 heteroatoms. The predicted octanol–water partition coefficient (Wildman–Crippen LogP) is 4.11. The zero-order chi connectivity index (χ0) is 17.9. The van der Waals surface area contributed by atoms with E-state index in [9.17, 15) is 9.18 Å². The second kappa shape index (κ2) is 7.51. The van der Waals surface area contributed by atoms with Crippen LogP contribution in [-0.2, 0) is 6.54 Å². The molecule has 1 aliphatic rings. The summed E-state index contributed by atoms with van der Waals surface area (Å²) in [6.07, 6.45) is 1.99. The summed E-state index contributed by atoms with van der Waals surface area (Å²) in [6, 6.07) is 11.6. The number of nitrogens with one attached hydrogen (secondary N) is 2. The van der Waals surface area contributed by atoms with Crippen LogP contribution in [0.2, 0.25) is 0 Å². The highest BCUT2D eigenvalue weighted by Gasteiger charge is 2.18. The minimum atomic E-state index is -0.369. The largest absolute Gasteiger partial charge is 0.361 e. The molecular formula is C20H20FN3OS. The van der Waals surface area contributed by atoms with Crippen LogP contribution in [0.4, 0.5) is 10.1 Å². The predicted molar refractivity (Wildman–Crippen MR) is 105 cm³/mol. The number of amides is 1. The van der Waals surface area contributed by atoms with E-state index in [0.29, 0.717) is 11.3 Å². The molecule has 2 N–H and O–H groups in total. The number of anilines is 1. The molecule has 1 aromatic heterocycles. The lowest BCUT2D eigenvalue weighted by Crippen LogP contribution is -2.31. The van der Waals surface area contributed by atoms with Gasteiger partial charge in [0.15, 0.2) is 0 Å². The minimum Gasteiger partial charge on any atom is -0.361 e. The SMILES string of the molecule is O=C(Nc1cccc(F)c1)c1cccc2[nH]cc(CN3CCSCC3)c12. The Morgan fingerprint density at radius 1 is 1.19 bits per heavy atom. The lowest BCUT2D eigenvalue weighted by molar-refractivity contribution is 0.102. The van der Waals surface area contributed by atoms with Crippen molar-refractivity contribution in [2.45, 2.75) is 6.54 Å². The molecule has 0 bridgehead atoms. The normalized spacial score (nSPS) is 15.3. The first-order valence-electron chi connectivity index (χ1n) is 8.67. The number of carbonyl (C=O) groups is 1. The van der Waals surface area contributed by atoms with E-state index in [1.165, 1.54) is 12.1 Å². The van der Waals surface area contributed by atoms with E-state index in [4.69, 9.17) is 0 Å². The molecule has 3 aromatic rings. The Labute approximate surface area is 155 Å². The summed E-state index contributed by atoms with van der Waals surface area (Å²) < 4.78 is 13.4. The van der Waals surface area contributed by atoms with Crippen LogP contribution < -0.4 is 5.32 Å². The molecule has 2 heterocycles. The average Bonchev–Trinajstić information content (AvgIpc) is 3.05. The van der Waals surface area contributed by atoms with Crippen molar-refractivity contribution in [3.63, 3.8) is 0 Å². The van der Waals surface area contributed by atoms with Gasteiger partial charge in [0.1, 0.15) is 5.82 Å². The van der Waals surface area contributed by atoms with Gasteiger partial charge in [-0.3, -0.25) is 9.69 Å². The van der Waals surface area contributed by atoms with Crippen LogP contribution in [0, 0.1) is 5.82 Å². The van der Waals surface area contributed by atoms with Gasteiger partial charge in [-0.2, -0.15) is 11.8 Å². The molecule has 0 spiro atoms. The fraction of sp³-hybridized carbons (Fsp3) is 0.250. The molecule has 0 radical (unpaired) electrons. The summed E-state index contributed by atoms with van der Waals surface area (Å²) in [5, 5.41) is 3.75. The van der Waals surface area contributed by atoms with Crippen LogP contribution >= 0.6 is 11.8 Å². The highest BCUT2D eigenvalue weighted by molar-refractivity contribution is 7.99. The van der Waals surface area contributed by atoms with Crippen LogP contribution in [0.25, 0.3) is 10.9 Å². The van der Waals surface area contributed by atoms with E-state index >= 15 is 0 Å². The molecule has 1 fully saturated rings. The summed E-state index contributed by atoms with van der Waals surface area (Å²) in [4.78, 5) is 18.5. The fourth-order valence-corrected chi connectivity index (χ4v) is 4.31. The third kappa shape index (κ3) is 3.61. The maximum Gasteiger partial charge on any atom is 0.256 e. The molecule has 26 heavy (non-hydrogen) atoms. The molecule has 1 saturated heterocycles. The topological polar surface area (TPSA) is 48.1 Å². The molecule has 4 nitrogen and oxygen atoms in total. The second-order valence-electron chi connectivity index (χ2n) is 6.40. The molecule has 1 aliphatic heterocycles. The molecule has 1 amide bonds. The first-order chi connectivity index (χ1) is 12.7. The van der Waals surface area contributed by atoms with Gasteiger partial charge in [-0.15, -0.1) is 0 Å². The molecule has 0 atom stereocenters. The monoisotopic (exact) mass is 369 g/mol. The number of nitrogens with zero attached hydrogens (tertiary/aromatic N) is 1. The van der Waals surface area contributed by atoms with Crippen molar-refractivity contribution >= 4 is 34.3 Å². The first-order valence-corrected chi connectivity index (χ1v) is 9.82. The Hall–Kier alpha value is -2.31. The van der Waals surface area contributed by atoms with Gasteiger partial charge in [0.2, 0.25) is 0 Å². The van der Waals surface area contributed by atoms with Gasteiger partial charge in [0.05, 0.1) is 0 Å². The summed E-state index contributed by atoms with van der Waals surface area (Å²) in [7, 11) is 0. The standard InChI is InChI=1S/C20H20FN3OS/c21-15-3-1-4-16(11-15)23-20(25)17-5-2-6-18-19(17)14(12-22-18)13-24-7-9-26-10-8-24/h1-6,11-12,22H,7-10,13H2,(H,23,25). The fourth-order valence-electron chi connectivity index (χ4n) is 3.33. The van der Waals surface area contributed by atoms with E-state index in [1.807, 2.05) is 36.2 Å². The van der Waals surface area contributed by atoms with Crippen molar-refractivity contribution in [3.8, 4) is 0 Å². The average molecular weight is 369 g/mol. The van der Waals surface area contributed by atoms with Gasteiger partial charge in [-0.1, -0.05) is 12.1 Å². The van der Waals surface area contributed by atoms with Gasteiger partial charge in [0, 0.05) is 59.5 Å². The van der Waals surface area contributed by atoms with Crippen molar-refractivity contribution in [2.75, 3.05) is 29.9 Å². The first kappa shape index (κ1) is 17.1. The number of hydrogen-bond donors (Lipinski definition) is 2. The van der Waals surface area contributed by atoms with Crippen LogP contribution in [0.1, 0.15) is 15.9 Å². The Balaban J connectivity index is 1.63. The molecule has 4 rings (SSSR count). The number of aromatic nitrogens is 1. The molecule has 0 unspecified atom stereocenters. The van der Waals surface area contributed by atoms with E-state index in [0.717, 1.165) is 47.6 Å². The van der Waals surface area contributed by atoms with Gasteiger partial charge in [0.25, 0.3) is 5.91 Å². The van der Waals surface area contributed by atoms with Crippen molar-refractivity contribution in [3.05, 3.63) is 65.6 Å². The Morgan fingerprint density at radius 2 is 2.00 bits per heavy atom. The summed E-state index contributed by atoms with van der Waals surface area (Å²) >= 11 is 1.98. The van der Waals surface area contributed by atoms with Crippen LogP contribution in [0.15, 0.2) is 48.7 Å². The number of thioether (sulfide) groups is 1. The van der Waals surface area contributed by atoms with Gasteiger partial charge in [-0.25, -0.2) is 4.39 Å². The zero-order valence-corrected chi connectivity index (χ0v) is 15.1. The Morgan fingerprint density at radius 3 is 2.81 bits per heavy atom. The second-order valence-corrected chi connectivity index (χ2v) is 7.62. The van der Waals surface area contributed by atoms with Gasteiger partial charge in [-0.05, 0) is 35.9 Å². The van der Waals surface area contributed by atoms with Crippen molar-refractivity contribution in [1.82, 2.24) is 9.88 Å². The Kier molecular flexibility index (Phi) is 4.95. The number of rotatable bonds is 4. The summed E-state index contributed by atoms with van der Waals surface area (Å²) in [5.74, 6) is 1.70. The van der Waals surface area contributed by atoms with Crippen molar-refractivity contribution in [2.24, 2.45) is 0 Å². The number of benzene rings is 2. The van der Waals surface area contributed by atoms with Crippen LogP contribution in [0.3, 0.4) is 0 Å². The van der Waals surface area contributed by atoms with Crippen LogP contribution in [-0.4, -0.2) is 40.4 Å². The molecule has 2 aromatic carbocycles. The van der Waals surface area contributed by atoms with E-state index in [2.05, 4.69) is 15.2 Å². The van der Waals surface area contributed by atoms with Gasteiger partial charge >= 0.3 is 0 Å². The number of aromatic amines is 1. The van der Waals surface area contributed by atoms with E-state index < -0.39 is 0 Å². The molecule has 134 valence electrons. The van der Waals surface area contributed by atoms with Crippen molar-refractivity contribution in [1.29, 1.82) is 0 Å². The lowest BCUT2D eigenvalue weighted by atomic mass is 10.0. The molecule has 0 saturated carbocycles. The van der Waals surface area contributed by atoms with Gasteiger partial charge < -0.3 is 10.3 Å². The smallest absolute Gasteiger partial charge is 0.256 e. The van der Waals surface area contributed by atoms with E-state index in [-0.39, 0.29) is 11.7 Å². The van der Waals surface area contributed by atoms with E-state index in [1.54, 1.807) is 12.1 Å². The molecular weight excluding hydrogens is 349 g/mol. The van der Waals surface area contributed by atoms with Crippen molar-refractivity contribution < 1.29 is 9.18 Å². The highest BCUT2D eigenvalue weighted by Crippen LogP contribution is 2.26. The quantitative estimate of drug-likeness (QED) is 0.728. The lowest BCUT2D eigenvalue weighted by Gasteiger charge is -2.26. The third-order valence-corrected chi connectivity index (χ3v) is 5.55. The number of H-pyrrole nitrogens is 1. The maximum atomic E-state index is 13.4. The number of hydrogen-bond acceptors (Lipinski definition) is 3. The van der Waals surface area contributed by atoms with Crippen LogP contribution in [0.5, 0.6) is 0 Å². The number of fused-ring (bicyclic) bond motifs is 1. The zero-order valence-electron chi connectivity index (χ0n) is 14.3. The summed E-state index contributed by atoms with van der Waals surface area (Å²) in [6.45, 7) is 2.95. The third-order valence-electron chi connectivity index (χ3n) is 4.61. The maximum absolute atomic E-state index is 13.4. The Bertz CT molecular complexity index is 934.